The van der Waals surface area contributed by atoms with Crippen molar-refractivity contribution in [2.24, 2.45) is 5.73 Å². The number of amides is 1. The smallest absolute Gasteiger partial charge is 0.251 e. The van der Waals surface area contributed by atoms with Crippen molar-refractivity contribution in [3.8, 4) is 0 Å². The van der Waals surface area contributed by atoms with Gasteiger partial charge in [0.15, 0.2) is 0 Å². The van der Waals surface area contributed by atoms with Crippen molar-refractivity contribution >= 4 is 5.91 Å². The Morgan fingerprint density at radius 1 is 1.30 bits per heavy atom. The summed E-state index contributed by atoms with van der Waals surface area (Å²) in [6, 6.07) is 0.569. The van der Waals surface area contributed by atoms with Crippen LogP contribution in [-0.2, 0) is 9.53 Å². The predicted molar refractivity (Wildman–Crippen MR) is 79.5 cm³/mol. The Morgan fingerprint density at radius 2 is 2.00 bits per heavy atom. The van der Waals surface area contributed by atoms with Crippen LogP contribution in [-0.4, -0.2) is 66.7 Å². The van der Waals surface area contributed by atoms with Gasteiger partial charge in [-0.05, 0) is 39.2 Å². The summed E-state index contributed by atoms with van der Waals surface area (Å²) in [5.41, 5.74) is 5.68. The van der Waals surface area contributed by atoms with Gasteiger partial charge in [0, 0.05) is 32.2 Å². The first kappa shape index (κ1) is 15.7. The molecule has 0 bridgehead atoms. The van der Waals surface area contributed by atoms with E-state index in [0.717, 1.165) is 58.4 Å². The van der Waals surface area contributed by atoms with Gasteiger partial charge >= 0.3 is 0 Å². The summed E-state index contributed by atoms with van der Waals surface area (Å²) in [6.45, 7) is 8.59. The lowest BCUT2D eigenvalue weighted by atomic mass is 10.1. The molecule has 0 spiro atoms. The van der Waals surface area contributed by atoms with Crippen LogP contribution >= 0.6 is 0 Å². The topological polar surface area (TPSA) is 58.8 Å². The van der Waals surface area contributed by atoms with E-state index in [4.69, 9.17) is 10.5 Å². The van der Waals surface area contributed by atoms with E-state index in [1.54, 1.807) is 0 Å². The number of nitrogens with zero attached hydrogens (tertiary/aromatic N) is 2. The largest absolute Gasteiger partial charge is 0.365 e. The van der Waals surface area contributed by atoms with Crippen LogP contribution in [0.25, 0.3) is 0 Å². The van der Waals surface area contributed by atoms with Crippen molar-refractivity contribution in [2.45, 2.75) is 57.8 Å². The predicted octanol–water partition coefficient (Wildman–Crippen LogP) is 0.826. The maximum Gasteiger partial charge on any atom is 0.251 e. The third-order valence-corrected chi connectivity index (χ3v) is 4.62. The fourth-order valence-electron chi connectivity index (χ4n) is 3.33. The monoisotopic (exact) mass is 283 g/mol. The van der Waals surface area contributed by atoms with Gasteiger partial charge < -0.3 is 15.4 Å². The summed E-state index contributed by atoms with van der Waals surface area (Å²) >= 11 is 0. The molecule has 2 rings (SSSR count). The van der Waals surface area contributed by atoms with Crippen molar-refractivity contribution in [3.63, 3.8) is 0 Å². The zero-order chi connectivity index (χ0) is 14.5. The zero-order valence-corrected chi connectivity index (χ0v) is 12.9. The van der Waals surface area contributed by atoms with E-state index in [0.29, 0.717) is 6.04 Å². The highest BCUT2D eigenvalue weighted by Gasteiger charge is 2.33. The van der Waals surface area contributed by atoms with Gasteiger partial charge in [0.2, 0.25) is 0 Å². The Hall–Kier alpha value is -0.650. The van der Waals surface area contributed by atoms with Gasteiger partial charge in [-0.3, -0.25) is 9.69 Å². The van der Waals surface area contributed by atoms with Gasteiger partial charge in [0.05, 0.1) is 6.10 Å². The fraction of sp³-hybridized carbons (Fsp3) is 0.933. The Balaban J connectivity index is 1.80. The molecular weight excluding hydrogens is 254 g/mol. The normalized spacial score (nSPS) is 29.6. The van der Waals surface area contributed by atoms with Crippen LogP contribution in [0.15, 0.2) is 0 Å². The Bertz CT molecular complexity index is 316. The SMILES string of the molecule is CCC(CCN)N1CCN(C(=O)C2CCC(C)O2)CC1. The third kappa shape index (κ3) is 3.71. The van der Waals surface area contributed by atoms with E-state index in [-0.39, 0.29) is 18.1 Å². The average molecular weight is 283 g/mol. The molecule has 2 aliphatic heterocycles. The van der Waals surface area contributed by atoms with Gasteiger partial charge in [0.1, 0.15) is 6.10 Å². The molecule has 3 unspecified atom stereocenters. The van der Waals surface area contributed by atoms with E-state index in [1.807, 2.05) is 11.8 Å². The molecule has 3 atom stereocenters. The molecule has 5 heteroatoms. The second kappa shape index (κ2) is 7.38. The summed E-state index contributed by atoms with van der Waals surface area (Å²) < 4.78 is 5.69. The van der Waals surface area contributed by atoms with Gasteiger partial charge in [-0.25, -0.2) is 0 Å². The number of carbonyl (C=O) groups is 1. The Morgan fingerprint density at radius 3 is 2.50 bits per heavy atom. The number of piperazine rings is 1. The number of rotatable bonds is 5. The second-order valence-electron chi connectivity index (χ2n) is 6.01. The highest BCUT2D eigenvalue weighted by molar-refractivity contribution is 5.81. The number of carbonyl (C=O) groups excluding carboxylic acids is 1. The zero-order valence-electron chi connectivity index (χ0n) is 12.9. The molecule has 5 nitrogen and oxygen atoms in total. The molecule has 2 aliphatic rings. The van der Waals surface area contributed by atoms with E-state index >= 15 is 0 Å². The minimum atomic E-state index is -0.192. The van der Waals surface area contributed by atoms with Gasteiger partial charge in [0.25, 0.3) is 5.91 Å². The van der Waals surface area contributed by atoms with Crippen molar-refractivity contribution in [1.82, 2.24) is 9.80 Å². The van der Waals surface area contributed by atoms with Crippen molar-refractivity contribution < 1.29 is 9.53 Å². The van der Waals surface area contributed by atoms with Gasteiger partial charge in [-0.15, -0.1) is 0 Å². The first-order chi connectivity index (χ1) is 9.65. The number of ether oxygens (including phenoxy) is 1. The van der Waals surface area contributed by atoms with Crippen LogP contribution in [0.5, 0.6) is 0 Å². The summed E-state index contributed by atoms with van der Waals surface area (Å²) in [5.74, 6) is 0.195. The summed E-state index contributed by atoms with van der Waals surface area (Å²) in [4.78, 5) is 16.8. The van der Waals surface area contributed by atoms with Gasteiger partial charge in [-0.2, -0.15) is 0 Å². The summed E-state index contributed by atoms with van der Waals surface area (Å²) in [5, 5.41) is 0. The number of hydrogen-bond donors (Lipinski definition) is 1. The lowest BCUT2D eigenvalue weighted by molar-refractivity contribution is -0.144. The van der Waals surface area contributed by atoms with Crippen LogP contribution in [0.3, 0.4) is 0 Å². The van der Waals surface area contributed by atoms with E-state index in [1.165, 1.54) is 0 Å². The first-order valence-electron chi connectivity index (χ1n) is 8.04. The molecule has 2 N–H and O–H groups in total. The summed E-state index contributed by atoms with van der Waals surface area (Å²) in [6.07, 6.45) is 4.11. The maximum atomic E-state index is 12.4. The van der Waals surface area contributed by atoms with Crippen LogP contribution in [0.4, 0.5) is 0 Å². The second-order valence-corrected chi connectivity index (χ2v) is 6.01. The lowest BCUT2D eigenvalue weighted by Gasteiger charge is -2.39. The van der Waals surface area contributed by atoms with Gasteiger partial charge in [-0.1, -0.05) is 6.92 Å². The minimum Gasteiger partial charge on any atom is -0.365 e. The molecule has 0 radical (unpaired) electrons. The number of nitrogens with two attached hydrogens (primary N) is 1. The fourth-order valence-corrected chi connectivity index (χ4v) is 3.33. The molecule has 2 heterocycles. The Labute approximate surface area is 122 Å². The standard InChI is InChI=1S/C15H29N3O2/c1-3-13(6-7-16)17-8-10-18(11-9-17)15(19)14-5-4-12(2)20-14/h12-14H,3-11,16H2,1-2H3. The van der Waals surface area contributed by atoms with Crippen LogP contribution in [0.1, 0.15) is 39.5 Å². The molecular formula is C15H29N3O2. The molecule has 20 heavy (non-hydrogen) atoms. The van der Waals surface area contributed by atoms with Crippen LogP contribution in [0.2, 0.25) is 0 Å². The molecule has 1 amide bonds. The first-order valence-corrected chi connectivity index (χ1v) is 8.04. The molecule has 2 fully saturated rings. The minimum absolute atomic E-state index is 0.192. The highest BCUT2D eigenvalue weighted by atomic mass is 16.5. The van der Waals surface area contributed by atoms with E-state index < -0.39 is 0 Å². The molecule has 0 aliphatic carbocycles. The summed E-state index contributed by atoms with van der Waals surface area (Å²) in [7, 11) is 0. The molecule has 2 saturated heterocycles. The van der Waals surface area contributed by atoms with Crippen molar-refractivity contribution in [1.29, 1.82) is 0 Å². The molecule has 0 aromatic carbocycles. The molecule has 116 valence electrons. The number of hydrogen-bond acceptors (Lipinski definition) is 4. The lowest BCUT2D eigenvalue weighted by Crippen LogP contribution is -2.54. The quantitative estimate of drug-likeness (QED) is 0.812. The Kier molecular flexibility index (Phi) is 5.81. The van der Waals surface area contributed by atoms with Crippen LogP contribution in [0, 0.1) is 0 Å². The molecule has 0 aromatic rings. The van der Waals surface area contributed by atoms with Crippen molar-refractivity contribution in [3.05, 3.63) is 0 Å². The molecule has 0 aromatic heterocycles. The maximum absolute atomic E-state index is 12.4. The highest BCUT2D eigenvalue weighted by Crippen LogP contribution is 2.22. The van der Waals surface area contributed by atoms with E-state index in [9.17, 15) is 4.79 Å². The van der Waals surface area contributed by atoms with Crippen molar-refractivity contribution in [2.75, 3.05) is 32.7 Å². The average Bonchev–Trinajstić information content (AvgIpc) is 2.91. The van der Waals surface area contributed by atoms with E-state index in [2.05, 4.69) is 11.8 Å². The molecule has 0 saturated carbocycles. The third-order valence-electron chi connectivity index (χ3n) is 4.62. The van der Waals surface area contributed by atoms with Crippen LogP contribution < -0.4 is 5.73 Å².